The molecule has 1 aromatic carbocycles. The average Bonchev–Trinajstić information content (AvgIpc) is 2.96. The molecule has 1 atom stereocenters. The summed E-state index contributed by atoms with van der Waals surface area (Å²) in [6.07, 6.45) is 8.27. The highest BCUT2D eigenvalue weighted by Gasteiger charge is 2.18. The van der Waals surface area contributed by atoms with E-state index in [1.807, 2.05) is 29.1 Å². The Hall–Kier alpha value is -2.14. The van der Waals surface area contributed by atoms with Crippen LogP contribution in [0.5, 0.6) is 0 Å². The molecule has 0 amide bonds. The van der Waals surface area contributed by atoms with Gasteiger partial charge in [-0.3, -0.25) is 0 Å². The highest BCUT2D eigenvalue weighted by molar-refractivity contribution is 5.88. The van der Waals surface area contributed by atoms with Gasteiger partial charge in [0.1, 0.15) is 0 Å². The molecule has 0 aliphatic carbocycles. The third kappa shape index (κ3) is 2.97. The highest BCUT2D eigenvalue weighted by atomic mass is 16.5. The summed E-state index contributed by atoms with van der Waals surface area (Å²) < 4.78 is 12.3. The molecule has 1 aromatic heterocycles. The summed E-state index contributed by atoms with van der Waals surface area (Å²) >= 11 is 0. The smallest absolute Gasteiger partial charge is 0.330 e. The normalized spacial score (nSPS) is 19.2. The molecule has 5 nitrogen and oxygen atoms in total. The lowest BCUT2D eigenvalue weighted by Crippen LogP contribution is -2.18. The lowest BCUT2D eigenvalue weighted by molar-refractivity contribution is -0.134. The molecule has 2 aromatic rings. The van der Waals surface area contributed by atoms with Gasteiger partial charge >= 0.3 is 5.97 Å². The minimum absolute atomic E-state index is 0.0103. The van der Waals surface area contributed by atoms with Crippen LogP contribution >= 0.6 is 0 Å². The van der Waals surface area contributed by atoms with Gasteiger partial charge in [0.2, 0.25) is 0 Å². The number of ether oxygens (including phenoxy) is 2. The lowest BCUT2D eigenvalue weighted by Gasteiger charge is -2.23. The first-order valence-electron chi connectivity index (χ1n) is 7.13. The maximum atomic E-state index is 11.2. The van der Waals surface area contributed by atoms with Crippen molar-refractivity contribution in [2.75, 3.05) is 13.7 Å². The minimum Gasteiger partial charge on any atom is -0.466 e. The van der Waals surface area contributed by atoms with Gasteiger partial charge in [-0.25, -0.2) is 9.48 Å². The van der Waals surface area contributed by atoms with Crippen LogP contribution < -0.4 is 0 Å². The molecule has 3 rings (SSSR count). The molecule has 0 spiro atoms. The van der Waals surface area contributed by atoms with Crippen LogP contribution in [0.4, 0.5) is 0 Å². The Bertz CT molecular complexity index is 669. The largest absolute Gasteiger partial charge is 0.466 e. The van der Waals surface area contributed by atoms with Gasteiger partial charge in [0.15, 0.2) is 6.23 Å². The molecule has 1 aliphatic heterocycles. The number of methoxy groups -OCH3 is 1. The molecule has 0 radical (unpaired) electrons. The van der Waals surface area contributed by atoms with Gasteiger partial charge in [-0.2, -0.15) is 5.10 Å². The van der Waals surface area contributed by atoms with E-state index < -0.39 is 0 Å². The van der Waals surface area contributed by atoms with E-state index in [1.54, 1.807) is 6.08 Å². The van der Waals surface area contributed by atoms with Crippen molar-refractivity contribution in [3.63, 3.8) is 0 Å². The van der Waals surface area contributed by atoms with E-state index in [1.165, 1.54) is 13.2 Å². The molecule has 110 valence electrons. The topological polar surface area (TPSA) is 53.3 Å². The number of carbonyl (C=O) groups excluding carboxylic acids is 1. The van der Waals surface area contributed by atoms with Crippen LogP contribution in [0.2, 0.25) is 0 Å². The maximum Gasteiger partial charge on any atom is 0.330 e. The molecule has 1 saturated heterocycles. The van der Waals surface area contributed by atoms with Gasteiger partial charge < -0.3 is 9.47 Å². The third-order valence-electron chi connectivity index (χ3n) is 3.66. The van der Waals surface area contributed by atoms with E-state index in [0.29, 0.717) is 0 Å². The first-order valence-corrected chi connectivity index (χ1v) is 7.13. The van der Waals surface area contributed by atoms with Crippen LogP contribution in [0.15, 0.2) is 30.5 Å². The molecule has 0 saturated carbocycles. The summed E-state index contributed by atoms with van der Waals surface area (Å²) in [7, 11) is 1.37. The van der Waals surface area contributed by atoms with Gasteiger partial charge in [0.05, 0.1) is 18.8 Å². The van der Waals surface area contributed by atoms with Gasteiger partial charge in [-0.15, -0.1) is 0 Å². The summed E-state index contributed by atoms with van der Waals surface area (Å²) in [5.74, 6) is -0.362. The van der Waals surface area contributed by atoms with Crippen molar-refractivity contribution in [1.82, 2.24) is 9.78 Å². The van der Waals surface area contributed by atoms with Crippen molar-refractivity contribution >= 4 is 22.9 Å². The van der Waals surface area contributed by atoms with Crippen molar-refractivity contribution < 1.29 is 14.3 Å². The summed E-state index contributed by atoms with van der Waals surface area (Å²) in [5.41, 5.74) is 1.96. The van der Waals surface area contributed by atoms with Crippen LogP contribution in [0.25, 0.3) is 17.0 Å². The van der Waals surface area contributed by atoms with Crippen molar-refractivity contribution in [2.45, 2.75) is 25.5 Å². The summed E-state index contributed by atoms with van der Waals surface area (Å²) in [4.78, 5) is 11.2. The standard InChI is InChI=1S/C16H18N2O3/c1-20-16(19)8-6-12-5-7-13-11-17-18(14(13)10-12)15-4-2-3-9-21-15/h5-8,10-11,15H,2-4,9H2,1H3/b8-6+. The van der Waals surface area contributed by atoms with Crippen LogP contribution in [0.3, 0.4) is 0 Å². The van der Waals surface area contributed by atoms with Crippen LogP contribution in [-0.2, 0) is 14.3 Å². The van der Waals surface area contributed by atoms with E-state index in [0.717, 1.165) is 42.3 Å². The Morgan fingerprint density at radius 3 is 3.14 bits per heavy atom. The first-order chi connectivity index (χ1) is 10.3. The molecule has 21 heavy (non-hydrogen) atoms. The zero-order valence-electron chi connectivity index (χ0n) is 12.0. The molecular formula is C16H18N2O3. The number of rotatable bonds is 3. The second-order valence-corrected chi connectivity index (χ2v) is 5.09. The zero-order valence-corrected chi connectivity index (χ0v) is 12.0. The molecule has 1 aliphatic rings. The Labute approximate surface area is 123 Å². The fourth-order valence-corrected chi connectivity index (χ4v) is 2.54. The van der Waals surface area contributed by atoms with Crippen LogP contribution in [-0.4, -0.2) is 29.5 Å². The van der Waals surface area contributed by atoms with Crippen molar-refractivity contribution in [3.8, 4) is 0 Å². The second kappa shape index (κ2) is 6.10. The predicted molar refractivity (Wildman–Crippen MR) is 79.6 cm³/mol. The molecule has 1 unspecified atom stereocenters. The predicted octanol–water partition coefficient (Wildman–Crippen LogP) is 2.92. The Morgan fingerprint density at radius 2 is 2.38 bits per heavy atom. The number of aromatic nitrogens is 2. The van der Waals surface area contributed by atoms with E-state index >= 15 is 0 Å². The third-order valence-corrected chi connectivity index (χ3v) is 3.66. The Balaban J connectivity index is 1.92. The van der Waals surface area contributed by atoms with E-state index in [-0.39, 0.29) is 12.2 Å². The minimum atomic E-state index is -0.362. The summed E-state index contributed by atoms with van der Waals surface area (Å²) in [5, 5.41) is 5.52. The van der Waals surface area contributed by atoms with Crippen molar-refractivity contribution in [1.29, 1.82) is 0 Å². The Kier molecular flexibility index (Phi) is 4.01. The van der Waals surface area contributed by atoms with Gasteiger partial charge in [0, 0.05) is 18.1 Å². The van der Waals surface area contributed by atoms with Gasteiger partial charge in [-0.1, -0.05) is 12.1 Å². The molecular weight excluding hydrogens is 268 g/mol. The highest BCUT2D eigenvalue weighted by Crippen LogP contribution is 2.26. The quantitative estimate of drug-likeness (QED) is 0.643. The molecule has 5 heteroatoms. The Morgan fingerprint density at radius 1 is 1.48 bits per heavy atom. The number of hydrogen-bond acceptors (Lipinski definition) is 4. The van der Waals surface area contributed by atoms with E-state index in [9.17, 15) is 4.79 Å². The van der Waals surface area contributed by atoms with E-state index in [4.69, 9.17) is 4.74 Å². The van der Waals surface area contributed by atoms with Gasteiger partial charge in [0.25, 0.3) is 0 Å². The summed E-state index contributed by atoms with van der Waals surface area (Å²) in [6, 6.07) is 5.97. The number of carbonyl (C=O) groups is 1. The van der Waals surface area contributed by atoms with Crippen molar-refractivity contribution in [3.05, 3.63) is 36.0 Å². The van der Waals surface area contributed by atoms with Crippen molar-refractivity contribution in [2.24, 2.45) is 0 Å². The first kappa shape index (κ1) is 13.8. The average molecular weight is 286 g/mol. The fourth-order valence-electron chi connectivity index (χ4n) is 2.54. The lowest BCUT2D eigenvalue weighted by atomic mass is 10.1. The molecule has 0 N–H and O–H groups in total. The van der Waals surface area contributed by atoms with E-state index in [2.05, 4.69) is 9.84 Å². The molecule has 2 heterocycles. The molecule has 1 fully saturated rings. The van der Waals surface area contributed by atoms with Gasteiger partial charge in [-0.05, 0) is 37.0 Å². The number of fused-ring (bicyclic) bond motifs is 1. The molecule has 0 bridgehead atoms. The van der Waals surface area contributed by atoms with Crippen LogP contribution in [0.1, 0.15) is 31.1 Å². The number of nitrogens with zero attached hydrogens (tertiary/aromatic N) is 2. The second-order valence-electron chi connectivity index (χ2n) is 5.09. The number of benzene rings is 1. The summed E-state index contributed by atoms with van der Waals surface area (Å²) in [6.45, 7) is 0.786. The number of esters is 1. The fraction of sp³-hybridized carbons (Fsp3) is 0.375. The van der Waals surface area contributed by atoms with Crippen LogP contribution in [0, 0.1) is 0 Å². The monoisotopic (exact) mass is 286 g/mol. The number of hydrogen-bond donors (Lipinski definition) is 0. The maximum absolute atomic E-state index is 11.2. The zero-order chi connectivity index (χ0) is 14.7. The SMILES string of the molecule is COC(=O)/C=C/c1ccc2cnn(C3CCCCO3)c2c1.